The van der Waals surface area contributed by atoms with Crippen LogP contribution in [0.5, 0.6) is 0 Å². The van der Waals surface area contributed by atoms with Crippen LogP contribution in [0, 0.1) is 0 Å². The van der Waals surface area contributed by atoms with Crippen molar-refractivity contribution < 1.29 is 9.53 Å². The van der Waals surface area contributed by atoms with E-state index in [1.54, 1.807) is 0 Å². The Morgan fingerprint density at radius 3 is 2.60 bits per heavy atom. The fourth-order valence-corrected chi connectivity index (χ4v) is 3.17. The van der Waals surface area contributed by atoms with Crippen LogP contribution in [0.2, 0.25) is 0 Å². The lowest BCUT2D eigenvalue weighted by molar-refractivity contribution is 0.0792. The summed E-state index contributed by atoms with van der Waals surface area (Å²) in [6, 6.07) is 0.440. The predicted molar refractivity (Wildman–Crippen MR) is 79.9 cm³/mol. The van der Waals surface area contributed by atoms with Crippen LogP contribution in [0.25, 0.3) is 0 Å². The SMILES string of the molecule is CC[C@@H](NC(=O)NC1CCN(CC)CC1)[C@H]1CCCO1. The summed E-state index contributed by atoms with van der Waals surface area (Å²) >= 11 is 0. The van der Waals surface area contributed by atoms with E-state index in [0.29, 0.717) is 6.04 Å². The fraction of sp³-hybridized carbons (Fsp3) is 0.933. The van der Waals surface area contributed by atoms with Crippen LogP contribution in [0.15, 0.2) is 0 Å². The van der Waals surface area contributed by atoms with Gasteiger partial charge in [0.15, 0.2) is 0 Å². The third-order valence-corrected chi connectivity index (χ3v) is 4.54. The van der Waals surface area contributed by atoms with Gasteiger partial charge < -0.3 is 20.3 Å². The third-order valence-electron chi connectivity index (χ3n) is 4.54. The number of likely N-dealkylation sites (tertiary alicyclic amines) is 1. The maximum atomic E-state index is 12.1. The molecule has 2 amide bonds. The van der Waals surface area contributed by atoms with Crippen LogP contribution in [0.1, 0.15) is 46.0 Å². The highest BCUT2D eigenvalue weighted by Gasteiger charge is 2.27. The lowest BCUT2D eigenvalue weighted by Gasteiger charge is -2.32. The van der Waals surface area contributed by atoms with E-state index in [1.807, 2.05) is 0 Å². The first-order valence-electron chi connectivity index (χ1n) is 8.14. The molecule has 0 radical (unpaired) electrons. The molecule has 2 aliphatic heterocycles. The molecule has 2 atom stereocenters. The molecule has 2 aliphatic rings. The Balaban J connectivity index is 1.71. The molecule has 2 fully saturated rings. The molecule has 0 unspecified atom stereocenters. The molecule has 0 aliphatic carbocycles. The predicted octanol–water partition coefficient (Wildman–Crippen LogP) is 1.73. The Kier molecular flexibility index (Phi) is 6.10. The second-order valence-corrected chi connectivity index (χ2v) is 5.89. The number of nitrogens with zero attached hydrogens (tertiary/aromatic N) is 1. The summed E-state index contributed by atoms with van der Waals surface area (Å²) in [7, 11) is 0. The Labute approximate surface area is 122 Å². The zero-order chi connectivity index (χ0) is 14.4. The molecular weight excluding hydrogens is 254 g/mol. The van der Waals surface area contributed by atoms with Crippen molar-refractivity contribution in [2.45, 2.75) is 64.1 Å². The molecule has 0 aromatic carbocycles. The van der Waals surface area contributed by atoms with Crippen molar-refractivity contribution in [3.05, 3.63) is 0 Å². The zero-order valence-electron chi connectivity index (χ0n) is 12.9. The van der Waals surface area contributed by atoms with E-state index in [-0.39, 0.29) is 18.2 Å². The van der Waals surface area contributed by atoms with Crippen molar-refractivity contribution in [1.82, 2.24) is 15.5 Å². The molecule has 0 aromatic rings. The van der Waals surface area contributed by atoms with Gasteiger partial charge in [0.05, 0.1) is 12.1 Å². The van der Waals surface area contributed by atoms with Gasteiger partial charge in [-0.15, -0.1) is 0 Å². The van der Waals surface area contributed by atoms with E-state index in [1.165, 1.54) is 0 Å². The van der Waals surface area contributed by atoms with Crippen LogP contribution < -0.4 is 10.6 Å². The molecule has 116 valence electrons. The van der Waals surface area contributed by atoms with Crippen molar-refractivity contribution in [3.63, 3.8) is 0 Å². The van der Waals surface area contributed by atoms with Gasteiger partial charge in [-0.25, -0.2) is 4.79 Å². The zero-order valence-corrected chi connectivity index (χ0v) is 12.9. The Morgan fingerprint density at radius 1 is 1.30 bits per heavy atom. The average molecular weight is 283 g/mol. The van der Waals surface area contributed by atoms with Gasteiger partial charge in [-0.05, 0) is 38.6 Å². The van der Waals surface area contributed by atoms with Crippen LogP contribution >= 0.6 is 0 Å². The second kappa shape index (κ2) is 7.84. The number of carbonyl (C=O) groups excluding carboxylic acids is 1. The molecule has 2 rings (SSSR count). The Hall–Kier alpha value is -0.810. The van der Waals surface area contributed by atoms with E-state index >= 15 is 0 Å². The molecule has 5 nitrogen and oxygen atoms in total. The van der Waals surface area contributed by atoms with Crippen molar-refractivity contribution >= 4 is 6.03 Å². The van der Waals surface area contributed by atoms with Crippen molar-refractivity contribution in [3.8, 4) is 0 Å². The number of piperidine rings is 1. The van der Waals surface area contributed by atoms with Gasteiger partial charge in [0.2, 0.25) is 0 Å². The summed E-state index contributed by atoms with van der Waals surface area (Å²) in [5, 5.41) is 6.21. The number of nitrogens with one attached hydrogen (secondary N) is 2. The van der Waals surface area contributed by atoms with Gasteiger partial charge in [0.1, 0.15) is 0 Å². The number of urea groups is 1. The minimum absolute atomic E-state index is 0.0256. The van der Waals surface area contributed by atoms with Crippen molar-refractivity contribution in [1.29, 1.82) is 0 Å². The molecule has 0 bridgehead atoms. The highest BCUT2D eigenvalue weighted by molar-refractivity contribution is 5.74. The van der Waals surface area contributed by atoms with Gasteiger partial charge in [-0.1, -0.05) is 13.8 Å². The topological polar surface area (TPSA) is 53.6 Å². The number of hydrogen-bond acceptors (Lipinski definition) is 3. The molecule has 2 N–H and O–H groups in total. The summed E-state index contributed by atoms with van der Waals surface area (Å²) < 4.78 is 5.68. The maximum Gasteiger partial charge on any atom is 0.315 e. The monoisotopic (exact) mass is 283 g/mol. The smallest absolute Gasteiger partial charge is 0.315 e. The van der Waals surface area contributed by atoms with Crippen molar-refractivity contribution in [2.75, 3.05) is 26.2 Å². The summed E-state index contributed by atoms with van der Waals surface area (Å²) in [6.45, 7) is 8.41. The number of ether oxygens (including phenoxy) is 1. The summed E-state index contributed by atoms with van der Waals surface area (Å²) in [4.78, 5) is 14.5. The number of amides is 2. The molecule has 2 heterocycles. The normalized spacial score (nSPS) is 26.4. The van der Waals surface area contributed by atoms with Crippen LogP contribution in [-0.2, 0) is 4.74 Å². The molecule has 0 spiro atoms. The van der Waals surface area contributed by atoms with Crippen LogP contribution in [0.3, 0.4) is 0 Å². The largest absolute Gasteiger partial charge is 0.376 e. The molecule has 20 heavy (non-hydrogen) atoms. The summed E-state index contributed by atoms with van der Waals surface area (Å²) in [5.74, 6) is 0. The van der Waals surface area contributed by atoms with E-state index in [4.69, 9.17) is 4.74 Å². The number of rotatable bonds is 5. The average Bonchev–Trinajstić information content (AvgIpc) is 2.99. The van der Waals surface area contributed by atoms with Gasteiger partial charge in [-0.3, -0.25) is 0 Å². The first kappa shape index (κ1) is 15.6. The van der Waals surface area contributed by atoms with E-state index in [0.717, 1.165) is 58.3 Å². The van der Waals surface area contributed by atoms with E-state index in [9.17, 15) is 4.79 Å². The first-order valence-corrected chi connectivity index (χ1v) is 8.14. The highest BCUT2D eigenvalue weighted by Crippen LogP contribution is 2.17. The second-order valence-electron chi connectivity index (χ2n) is 5.89. The number of carbonyl (C=O) groups is 1. The molecule has 0 saturated carbocycles. The Morgan fingerprint density at radius 2 is 2.05 bits per heavy atom. The molecule has 0 aromatic heterocycles. The van der Waals surface area contributed by atoms with Crippen LogP contribution in [-0.4, -0.2) is 55.4 Å². The van der Waals surface area contributed by atoms with Gasteiger partial charge in [0.25, 0.3) is 0 Å². The standard InChI is InChI=1S/C15H29N3O2/c1-3-13(14-6-5-11-20-14)17-15(19)16-12-7-9-18(4-2)10-8-12/h12-14H,3-11H2,1-2H3,(H2,16,17,19)/t13-,14-/m1/s1. The fourth-order valence-electron chi connectivity index (χ4n) is 3.17. The van der Waals surface area contributed by atoms with E-state index in [2.05, 4.69) is 29.4 Å². The van der Waals surface area contributed by atoms with Crippen molar-refractivity contribution in [2.24, 2.45) is 0 Å². The number of hydrogen-bond donors (Lipinski definition) is 2. The molecular formula is C15H29N3O2. The van der Waals surface area contributed by atoms with Gasteiger partial charge >= 0.3 is 6.03 Å². The Bertz CT molecular complexity index is 297. The first-order chi connectivity index (χ1) is 9.72. The quantitative estimate of drug-likeness (QED) is 0.808. The lowest BCUT2D eigenvalue weighted by Crippen LogP contribution is -2.52. The van der Waals surface area contributed by atoms with Gasteiger partial charge in [0, 0.05) is 25.7 Å². The third kappa shape index (κ3) is 4.35. The van der Waals surface area contributed by atoms with Crippen LogP contribution in [0.4, 0.5) is 4.79 Å². The minimum atomic E-state index is -0.0256. The lowest BCUT2D eigenvalue weighted by atomic mass is 10.0. The van der Waals surface area contributed by atoms with Gasteiger partial charge in [-0.2, -0.15) is 0 Å². The summed E-state index contributed by atoms with van der Waals surface area (Å²) in [6.07, 6.45) is 5.41. The maximum absolute atomic E-state index is 12.1. The summed E-state index contributed by atoms with van der Waals surface area (Å²) in [5.41, 5.74) is 0. The highest BCUT2D eigenvalue weighted by atomic mass is 16.5. The molecule has 5 heteroatoms. The van der Waals surface area contributed by atoms with E-state index < -0.39 is 0 Å². The minimum Gasteiger partial charge on any atom is -0.376 e. The molecule has 2 saturated heterocycles.